The molecule has 1 atom stereocenters. The van der Waals surface area contributed by atoms with Gasteiger partial charge in [-0.25, -0.2) is 4.79 Å². The average molecular weight is 362 g/mol. The molecular weight excluding hydrogens is 336 g/mol. The van der Waals surface area contributed by atoms with E-state index in [2.05, 4.69) is 10.2 Å². The Labute approximate surface area is 153 Å². The highest BCUT2D eigenvalue weighted by Gasteiger charge is 2.28. The molecule has 3 amide bonds. The van der Waals surface area contributed by atoms with E-state index in [-0.39, 0.29) is 18.0 Å². The number of carbonyl (C=O) groups excluding carboxylic acids is 2. The molecule has 0 aromatic heterocycles. The number of ether oxygens (including phenoxy) is 2. The van der Waals surface area contributed by atoms with Crippen molar-refractivity contribution in [3.63, 3.8) is 0 Å². The van der Waals surface area contributed by atoms with Gasteiger partial charge in [-0.15, -0.1) is 0 Å². The van der Waals surface area contributed by atoms with Crippen molar-refractivity contribution >= 4 is 17.6 Å². The van der Waals surface area contributed by atoms with Gasteiger partial charge in [-0.2, -0.15) is 0 Å². The lowest BCUT2D eigenvalue weighted by atomic mass is 10.2. The summed E-state index contributed by atoms with van der Waals surface area (Å²) in [4.78, 5) is 30.1. The van der Waals surface area contributed by atoms with Crippen LogP contribution in [0.25, 0.3) is 0 Å². The molecule has 3 rings (SSSR count). The van der Waals surface area contributed by atoms with Crippen LogP contribution in [0.1, 0.15) is 6.92 Å². The van der Waals surface area contributed by atoms with Gasteiger partial charge in [-0.1, -0.05) is 0 Å². The third kappa shape index (κ3) is 4.01. The zero-order valence-corrected chi connectivity index (χ0v) is 15.5. The third-order valence-electron chi connectivity index (χ3n) is 4.70. The average Bonchev–Trinajstić information content (AvgIpc) is 2.66. The Morgan fingerprint density at radius 2 is 1.73 bits per heavy atom. The number of hydrogen-bond acceptors (Lipinski definition) is 5. The third-order valence-corrected chi connectivity index (χ3v) is 4.70. The largest absolute Gasteiger partial charge is 0.486 e. The van der Waals surface area contributed by atoms with E-state index in [4.69, 9.17) is 9.47 Å². The van der Waals surface area contributed by atoms with Gasteiger partial charge in [-0.05, 0) is 19.1 Å². The van der Waals surface area contributed by atoms with Crippen LogP contribution >= 0.6 is 0 Å². The van der Waals surface area contributed by atoms with Crippen molar-refractivity contribution in [1.82, 2.24) is 14.7 Å². The summed E-state index contributed by atoms with van der Waals surface area (Å²) < 4.78 is 11.0. The molecule has 142 valence electrons. The van der Waals surface area contributed by atoms with E-state index < -0.39 is 0 Å². The zero-order valence-electron chi connectivity index (χ0n) is 15.5. The van der Waals surface area contributed by atoms with E-state index in [1.54, 1.807) is 31.1 Å². The van der Waals surface area contributed by atoms with E-state index in [0.29, 0.717) is 56.6 Å². The monoisotopic (exact) mass is 362 g/mol. The summed E-state index contributed by atoms with van der Waals surface area (Å²) >= 11 is 0. The van der Waals surface area contributed by atoms with E-state index >= 15 is 0 Å². The van der Waals surface area contributed by atoms with Crippen molar-refractivity contribution in [3.8, 4) is 11.5 Å². The Morgan fingerprint density at radius 1 is 1.08 bits per heavy atom. The Kier molecular flexibility index (Phi) is 5.51. The number of piperazine rings is 1. The van der Waals surface area contributed by atoms with Gasteiger partial charge < -0.3 is 24.6 Å². The SMILES string of the molecule is C[C@@H](C(=O)Nc1ccc2c(c1)OCCO2)N1CCN(C(=O)N(C)C)CC1. The van der Waals surface area contributed by atoms with E-state index in [1.807, 2.05) is 17.9 Å². The molecule has 0 saturated carbocycles. The molecule has 1 aromatic carbocycles. The second-order valence-corrected chi connectivity index (χ2v) is 6.72. The molecule has 2 aliphatic rings. The number of anilines is 1. The minimum Gasteiger partial charge on any atom is -0.486 e. The maximum absolute atomic E-state index is 12.6. The summed E-state index contributed by atoms with van der Waals surface area (Å²) in [6.45, 7) is 5.54. The smallest absolute Gasteiger partial charge is 0.319 e. The summed E-state index contributed by atoms with van der Waals surface area (Å²) in [6, 6.07) is 5.14. The number of nitrogens with zero attached hydrogens (tertiary/aromatic N) is 3. The van der Waals surface area contributed by atoms with Crippen LogP contribution in [-0.2, 0) is 4.79 Å². The molecule has 1 aromatic rings. The van der Waals surface area contributed by atoms with Crippen molar-refractivity contribution in [3.05, 3.63) is 18.2 Å². The highest BCUT2D eigenvalue weighted by atomic mass is 16.6. The van der Waals surface area contributed by atoms with Crippen LogP contribution < -0.4 is 14.8 Å². The normalized spacial score (nSPS) is 18.2. The Morgan fingerprint density at radius 3 is 2.38 bits per heavy atom. The molecule has 26 heavy (non-hydrogen) atoms. The number of hydrogen-bond donors (Lipinski definition) is 1. The summed E-state index contributed by atoms with van der Waals surface area (Å²) in [6.07, 6.45) is 0. The van der Waals surface area contributed by atoms with Crippen molar-refractivity contribution in [1.29, 1.82) is 0 Å². The summed E-state index contributed by atoms with van der Waals surface area (Å²) in [7, 11) is 3.50. The summed E-state index contributed by atoms with van der Waals surface area (Å²) in [5, 5.41) is 2.94. The molecular formula is C18H26N4O4. The maximum atomic E-state index is 12.6. The fourth-order valence-electron chi connectivity index (χ4n) is 3.12. The van der Waals surface area contributed by atoms with Gasteiger partial charge in [0.2, 0.25) is 5.91 Å². The number of carbonyl (C=O) groups is 2. The lowest BCUT2D eigenvalue weighted by molar-refractivity contribution is -0.121. The molecule has 2 aliphatic heterocycles. The van der Waals surface area contributed by atoms with Crippen molar-refractivity contribution in [2.24, 2.45) is 0 Å². The first kappa shape index (κ1) is 18.3. The lowest BCUT2D eigenvalue weighted by Gasteiger charge is -2.38. The zero-order chi connectivity index (χ0) is 18.7. The Hall–Kier alpha value is -2.48. The molecule has 0 radical (unpaired) electrons. The van der Waals surface area contributed by atoms with Crippen LogP contribution in [-0.4, -0.2) is 86.2 Å². The van der Waals surface area contributed by atoms with Crippen LogP contribution in [0.2, 0.25) is 0 Å². The van der Waals surface area contributed by atoms with Gasteiger partial charge in [0.15, 0.2) is 11.5 Å². The van der Waals surface area contributed by atoms with E-state index in [9.17, 15) is 9.59 Å². The molecule has 0 aliphatic carbocycles. The Balaban J connectivity index is 1.54. The van der Waals surface area contributed by atoms with Gasteiger partial charge in [0, 0.05) is 52.0 Å². The predicted octanol–water partition coefficient (Wildman–Crippen LogP) is 1.08. The number of amides is 3. The van der Waals surface area contributed by atoms with E-state index in [1.165, 1.54) is 0 Å². The molecule has 1 saturated heterocycles. The number of rotatable bonds is 3. The maximum Gasteiger partial charge on any atom is 0.319 e. The second kappa shape index (κ2) is 7.82. The Bertz CT molecular complexity index is 671. The van der Waals surface area contributed by atoms with Gasteiger partial charge in [0.1, 0.15) is 13.2 Å². The van der Waals surface area contributed by atoms with Crippen LogP contribution in [0.4, 0.5) is 10.5 Å². The molecule has 2 heterocycles. The molecule has 8 heteroatoms. The minimum absolute atomic E-state index is 0.0121. The van der Waals surface area contributed by atoms with Gasteiger partial charge >= 0.3 is 6.03 Å². The molecule has 1 fully saturated rings. The fraction of sp³-hybridized carbons (Fsp3) is 0.556. The van der Waals surface area contributed by atoms with Crippen molar-refractivity contribution in [2.45, 2.75) is 13.0 Å². The number of benzene rings is 1. The second-order valence-electron chi connectivity index (χ2n) is 6.72. The number of nitrogens with one attached hydrogen (secondary N) is 1. The van der Waals surface area contributed by atoms with Crippen LogP contribution in [0.3, 0.4) is 0 Å². The topological polar surface area (TPSA) is 74.4 Å². The molecule has 8 nitrogen and oxygen atoms in total. The summed E-state index contributed by atoms with van der Waals surface area (Å²) in [5.41, 5.74) is 0.688. The first-order valence-corrected chi connectivity index (χ1v) is 8.86. The molecule has 0 bridgehead atoms. The first-order chi connectivity index (χ1) is 12.5. The van der Waals surface area contributed by atoms with Crippen LogP contribution in [0.5, 0.6) is 11.5 Å². The van der Waals surface area contributed by atoms with Gasteiger partial charge in [0.05, 0.1) is 6.04 Å². The quantitative estimate of drug-likeness (QED) is 0.871. The van der Waals surface area contributed by atoms with E-state index in [0.717, 1.165) is 0 Å². The van der Waals surface area contributed by atoms with Crippen molar-refractivity contribution < 1.29 is 19.1 Å². The number of urea groups is 1. The highest BCUT2D eigenvalue weighted by Crippen LogP contribution is 2.32. The lowest BCUT2D eigenvalue weighted by Crippen LogP contribution is -2.55. The van der Waals surface area contributed by atoms with Gasteiger partial charge in [0.25, 0.3) is 0 Å². The summed E-state index contributed by atoms with van der Waals surface area (Å²) in [5.74, 6) is 1.27. The van der Waals surface area contributed by atoms with Crippen LogP contribution in [0, 0.1) is 0 Å². The molecule has 1 N–H and O–H groups in total. The number of fused-ring (bicyclic) bond motifs is 1. The standard InChI is InChI=1S/C18H26N4O4/c1-13(21-6-8-22(9-7-21)18(24)20(2)3)17(23)19-14-4-5-15-16(12-14)26-11-10-25-15/h4-5,12-13H,6-11H2,1-3H3,(H,19,23)/t13-/m0/s1. The first-order valence-electron chi connectivity index (χ1n) is 8.86. The molecule has 0 spiro atoms. The highest BCUT2D eigenvalue weighted by molar-refractivity contribution is 5.94. The fourth-order valence-corrected chi connectivity index (χ4v) is 3.12. The molecule has 0 unspecified atom stereocenters. The predicted molar refractivity (Wildman–Crippen MR) is 97.8 cm³/mol. The van der Waals surface area contributed by atoms with Crippen LogP contribution in [0.15, 0.2) is 18.2 Å². The van der Waals surface area contributed by atoms with Crippen molar-refractivity contribution in [2.75, 3.05) is 58.8 Å². The van der Waals surface area contributed by atoms with Gasteiger partial charge in [-0.3, -0.25) is 9.69 Å². The minimum atomic E-state index is -0.278.